The lowest BCUT2D eigenvalue weighted by Crippen LogP contribution is -2.60. The number of amides is 4. The number of para-hydroxylation sites is 1. The number of hydrogen-bond acceptors (Lipinski definition) is 3. The monoisotopic (exact) mass is 334 g/mol. The lowest BCUT2D eigenvalue weighted by atomic mass is 10.1. The molecule has 4 amide bonds. The largest absolute Gasteiger partial charge is 0.343 e. The summed E-state index contributed by atoms with van der Waals surface area (Å²) in [4.78, 5) is 37.9. The van der Waals surface area contributed by atoms with Crippen molar-refractivity contribution in [2.24, 2.45) is 0 Å². The van der Waals surface area contributed by atoms with Crippen molar-refractivity contribution in [2.75, 3.05) is 11.9 Å². The highest BCUT2D eigenvalue weighted by Gasteiger charge is 2.46. The third-order valence-electron chi connectivity index (χ3n) is 4.37. The van der Waals surface area contributed by atoms with Gasteiger partial charge in [0.05, 0.1) is 11.7 Å². The van der Waals surface area contributed by atoms with Crippen molar-refractivity contribution in [1.82, 2.24) is 15.5 Å². The van der Waals surface area contributed by atoms with Crippen LogP contribution in [0.3, 0.4) is 0 Å². The van der Waals surface area contributed by atoms with Gasteiger partial charge in [0.2, 0.25) is 11.8 Å². The van der Waals surface area contributed by atoms with Crippen LogP contribution in [0.25, 0.3) is 0 Å². The molecule has 0 aromatic heterocycles. The van der Waals surface area contributed by atoms with E-state index in [2.05, 4.69) is 16.0 Å². The van der Waals surface area contributed by atoms with Crippen molar-refractivity contribution >= 4 is 23.5 Å². The van der Waals surface area contributed by atoms with Gasteiger partial charge in [0.15, 0.2) is 0 Å². The first-order valence-electron chi connectivity index (χ1n) is 7.92. The van der Waals surface area contributed by atoms with Crippen LogP contribution in [0.1, 0.15) is 19.8 Å². The molecule has 2 aliphatic heterocycles. The van der Waals surface area contributed by atoms with Gasteiger partial charge in [-0.1, -0.05) is 19.1 Å². The number of benzene rings is 1. The lowest BCUT2D eigenvalue weighted by Gasteiger charge is -2.33. The third-order valence-corrected chi connectivity index (χ3v) is 4.37. The quantitative estimate of drug-likeness (QED) is 0.764. The Morgan fingerprint density at radius 3 is 2.83 bits per heavy atom. The van der Waals surface area contributed by atoms with E-state index < -0.39 is 23.9 Å². The van der Waals surface area contributed by atoms with E-state index in [0.29, 0.717) is 12.8 Å². The first-order valence-corrected chi connectivity index (χ1v) is 7.92. The summed E-state index contributed by atoms with van der Waals surface area (Å²) in [6.45, 7) is 2.11. The second-order valence-corrected chi connectivity index (χ2v) is 5.99. The normalized spacial score (nSPS) is 25.9. The number of carbonyl (C=O) groups excluding carboxylic acids is 3. The molecule has 2 saturated heterocycles. The number of piperazine rings is 1. The summed E-state index contributed by atoms with van der Waals surface area (Å²) in [5, 5.41) is 7.83. The topological polar surface area (TPSA) is 90.5 Å². The summed E-state index contributed by atoms with van der Waals surface area (Å²) in [7, 11) is 0. The summed E-state index contributed by atoms with van der Waals surface area (Å²) in [6.07, 6.45) is 0.873. The number of rotatable bonds is 3. The summed E-state index contributed by atoms with van der Waals surface area (Å²) in [5.41, 5.74) is 0.0746. The lowest BCUT2D eigenvalue weighted by molar-refractivity contribution is -0.147. The van der Waals surface area contributed by atoms with Gasteiger partial charge < -0.3 is 20.9 Å². The number of nitrogens with zero attached hydrogens (tertiary/aromatic N) is 1. The molecule has 1 aromatic carbocycles. The zero-order valence-corrected chi connectivity index (χ0v) is 13.2. The second kappa shape index (κ2) is 6.46. The van der Waals surface area contributed by atoms with Crippen LogP contribution in [-0.2, 0) is 9.59 Å². The van der Waals surface area contributed by atoms with Crippen LogP contribution >= 0.6 is 0 Å². The van der Waals surface area contributed by atoms with Crippen molar-refractivity contribution in [3.05, 3.63) is 30.1 Å². The zero-order valence-electron chi connectivity index (χ0n) is 13.2. The first kappa shape index (κ1) is 16.2. The predicted molar refractivity (Wildman–Crippen MR) is 84.7 cm³/mol. The average molecular weight is 334 g/mol. The SMILES string of the molecule is CC[C@@H]1NC(=O)[C@@H]2C[C@H](NC(=O)Nc3ccccc3F)CN2C1=O. The highest BCUT2D eigenvalue weighted by Crippen LogP contribution is 2.23. The van der Waals surface area contributed by atoms with Gasteiger partial charge in [-0.05, 0) is 25.0 Å². The Kier molecular flexibility index (Phi) is 4.37. The van der Waals surface area contributed by atoms with Gasteiger partial charge in [0.25, 0.3) is 0 Å². The smallest absolute Gasteiger partial charge is 0.319 e. The number of hydrogen-bond donors (Lipinski definition) is 3. The molecule has 2 heterocycles. The van der Waals surface area contributed by atoms with Gasteiger partial charge in [-0.2, -0.15) is 0 Å². The molecule has 0 unspecified atom stereocenters. The number of anilines is 1. The number of fused-ring (bicyclic) bond motifs is 1. The molecule has 8 heteroatoms. The molecule has 3 rings (SSSR count). The van der Waals surface area contributed by atoms with Crippen LogP contribution < -0.4 is 16.0 Å². The summed E-state index contributed by atoms with van der Waals surface area (Å²) < 4.78 is 13.5. The summed E-state index contributed by atoms with van der Waals surface area (Å²) in [6, 6.07) is 3.87. The van der Waals surface area contributed by atoms with Gasteiger partial charge in [0, 0.05) is 6.54 Å². The molecule has 0 saturated carbocycles. The maximum absolute atomic E-state index is 13.5. The molecular formula is C16H19FN4O3. The van der Waals surface area contributed by atoms with Crippen LogP contribution in [-0.4, -0.2) is 47.4 Å². The Hall–Kier alpha value is -2.64. The molecule has 24 heavy (non-hydrogen) atoms. The number of carbonyl (C=O) groups is 3. The minimum Gasteiger partial charge on any atom is -0.343 e. The van der Waals surface area contributed by atoms with E-state index >= 15 is 0 Å². The summed E-state index contributed by atoms with van der Waals surface area (Å²) in [5.74, 6) is -0.849. The minimum atomic E-state index is -0.565. The molecule has 0 radical (unpaired) electrons. The van der Waals surface area contributed by atoms with Crippen molar-refractivity contribution in [3.8, 4) is 0 Å². The van der Waals surface area contributed by atoms with Gasteiger partial charge in [-0.25, -0.2) is 9.18 Å². The van der Waals surface area contributed by atoms with E-state index in [0.717, 1.165) is 0 Å². The molecule has 1 aromatic rings. The van der Waals surface area contributed by atoms with E-state index in [-0.39, 0.29) is 30.1 Å². The first-order chi connectivity index (χ1) is 11.5. The van der Waals surface area contributed by atoms with E-state index in [1.807, 2.05) is 6.92 Å². The Balaban J connectivity index is 1.62. The minimum absolute atomic E-state index is 0.0746. The van der Waals surface area contributed by atoms with E-state index in [4.69, 9.17) is 0 Å². The number of halogens is 1. The molecule has 3 atom stereocenters. The van der Waals surface area contributed by atoms with E-state index in [1.165, 1.54) is 23.1 Å². The molecule has 2 fully saturated rings. The van der Waals surface area contributed by atoms with Gasteiger partial charge >= 0.3 is 6.03 Å². The van der Waals surface area contributed by atoms with Crippen molar-refractivity contribution < 1.29 is 18.8 Å². The fraction of sp³-hybridized carbons (Fsp3) is 0.438. The van der Waals surface area contributed by atoms with Crippen LogP contribution in [0, 0.1) is 5.82 Å². The number of nitrogens with one attached hydrogen (secondary N) is 3. The molecular weight excluding hydrogens is 315 g/mol. The standard InChI is InChI=1S/C16H19FN4O3/c1-2-11-15(23)21-8-9(7-13(21)14(22)19-11)18-16(24)20-12-6-4-3-5-10(12)17/h3-6,9,11,13H,2,7-8H2,1H3,(H,19,22)(H2,18,20,24)/t9-,11-,13-/m0/s1. The molecule has 0 bridgehead atoms. The zero-order chi connectivity index (χ0) is 17.3. The van der Waals surface area contributed by atoms with Crippen LogP contribution in [0.5, 0.6) is 0 Å². The van der Waals surface area contributed by atoms with E-state index in [9.17, 15) is 18.8 Å². The number of urea groups is 1. The fourth-order valence-corrected chi connectivity index (χ4v) is 3.15. The van der Waals surface area contributed by atoms with E-state index in [1.54, 1.807) is 6.07 Å². The average Bonchev–Trinajstić information content (AvgIpc) is 2.97. The fourth-order valence-electron chi connectivity index (χ4n) is 3.15. The highest BCUT2D eigenvalue weighted by atomic mass is 19.1. The Morgan fingerprint density at radius 1 is 1.38 bits per heavy atom. The van der Waals surface area contributed by atoms with Crippen LogP contribution in [0.4, 0.5) is 14.9 Å². The molecule has 7 nitrogen and oxygen atoms in total. The van der Waals surface area contributed by atoms with Crippen molar-refractivity contribution in [3.63, 3.8) is 0 Å². The predicted octanol–water partition coefficient (Wildman–Crippen LogP) is 0.825. The molecule has 128 valence electrons. The van der Waals surface area contributed by atoms with Crippen LogP contribution in [0.15, 0.2) is 24.3 Å². The van der Waals surface area contributed by atoms with Crippen molar-refractivity contribution in [2.45, 2.75) is 37.9 Å². The Morgan fingerprint density at radius 2 is 2.12 bits per heavy atom. The Bertz CT molecular complexity index is 681. The van der Waals surface area contributed by atoms with Gasteiger partial charge in [-0.3, -0.25) is 9.59 Å². The maximum atomic E-state index is 13.5. The Labute approximate surface area is 138 Å². The highest BCUT2D eigenvalue weighted by molar-refractivity contribution is 5.97. The van der Waals surface area contributed by atoms with Gasteiger partial charge in [0.1, 0.15) is 17.9 Å². The molecule has 2 aliphatic rings. The van der Waals surface area contributed by atoms with Gasteiger partial charge in [-0.15, -0.1) is 0 Å². The summed E-state index contributed by atoms with van der Waals surface area (Å²) >= 11 is 0. The van der Waals surface area contributed by atoms with Crippen LogP contribution in [0.2, 0.25) is 0 Å². The molecule has 0 spiro atoms. The second-order valence-electron chi connectivity index (χ2n) is 5.99. The van der Waals surface area contributed by atoms with Crippen molar-refractivity contribution in [1.29, 1.82) is 0 Å². The molecule has 3 N–H and O–H groups in total. The third kappa shape index (κ3) is 3.04. The molecule has 0 aliphatic carbocycles. The maximum Gasteiger partial charge on any atom is 0.319 e.